The maximum absolute atomic E-state index is 2.74. The summed E-state index contributed by atoms with van der Waals surface area (Å²) >= 11 is 0. The molecule has 0 spiro atoms. The van der Waals surface area contributed by atoms with Gasteiger partial charge in [-0.1, -0.05) is 91.0 Å². The van der Waals surface area contributed by atoms with Crippen LogP contribution in [0.25, 0.3) is 33.0 Å². The number of anilines is 2. The van der Waals surface area contributed by atoms with Crippen molar-refractivity contribution in [2.24, 2.45) is 17.8 Å². The first kappa shape index (κ1) is 22.2. The van der Waals surface area contributed by atoms with Gasteiger partial charge in [0.1, 0.15) is 0 Å². The SMILES string of the molecule is c1ccc(-c2cccc3ccc(-c4ccc(N(c5ccccc5)C56CC7CC(CC5C7)C6)cc4)cc23)cc1. The molecular weight excluding hydrogens is 458 g/mol. The van der Waals surface area contributed by atoms with Crippen LogP contribution in [0.5, 0.6) is 0 Å². The van der Waals surface area contributed by atoms with Crippen molar-refractivity contribution >= 4 is 22.1 Å². The van der Waals surface area contributed by atoms with Gasteiger partial charge in [-0.2, -0.15) is 0 Å². The Hall–Kier alpha value is -3.84. The highest BCUT2D eigenvalue weighted by Gasteiger charge is 2.60. The summed E-state index contributed by atoms with van der Waals surface area (Å²) in [5.41, 5.74) is 8.11. The van der Waals surface area contributed by atoms with E-state index in [1.165, 1.54) is 76.5 Å². The van der Waals surface area contributed by atoms with E-state index < -0.39 is 0 Å². The molecule has 4 aliphatic carbocycles. The Bertz CT molecular complexity index is 1590. The van der Waals surface area contributed by atoms with Crippen LogP contribution in [0.15, 0.2) is 121 Å². The van der Waals surface area contributed by atoms with Crippen LogP contribution < -0.4 is 4.90 Å². The van der Waals surface area contributed by atoms with Crippen molar-refractivity contribution in [2.75, 3.05) is 4.90 Å². The molecule has 4 fully saturated rings. The lowest BCUT2D eigenvalue weighted by molar-refractivity contribution is 0.266. The number of hydrogen-bond donors (Lipinski definition) is 0. The first-order chi connectivity index (χ1) is 18.8. The van der Waals surface area contributed by atoms with E-state index >= 15 is 0 Å². The second-order valence-corrected chi connectivity index (χ2v) is 12.0. The molecule has 1 nitrogen and oxygen atoms in total. The van der Waals surface area contributed by atoms with E-state index in [0.717, 1.165) is 17.8 Å². The summed E-state index contributed by atoms with van der Waals surface area (Å²) in [5.74, 6) is 2.69. The molecule has 186 valence electrons. The lowest BCUT2D eigenvalue weighted by Crippen LogP contribution is -2.47. The summed E-state index contributed by atoms with van der Waals surface area (Å²) < 4.78 is 0. The Morgan fingerprint density at radius 2 is 1.18 bits per heavy atom. The van der Waals surface area contributed by atoms with E-state index in [1.54, 1.807) is 0 Å². The van der Waals surface area contributed by atoms with Crippen LogP contribution in [0, 0.1) is 17.8 Å². The molecule has 0 aromatic heterocycles. The van der Waals surface area contributed by atoms with E-state index in [1.807, 2.05) is 0 Å². The molecule has 4 saturated carbocycles. The molecule has 0 N–H and O–H groups in total. The van der Waals surface area contributed by atoms with Crippen LogP contribution in [0.4, 0.5) is 11.4 Å². The summed E-state index contributed by atoms with van der Waals surface area (Å²) in [6, 6.07) is 44.9. The van der Waals surface area contributed by atoms with Gasteiger partial charge in [-0.05, 0) is 113 Å². The minimum Gasteiger partial charge on any atom is -0.335 e. The highest BCUT2D eigenvalue weighted by Crippen LogP contribution is 2.64. The van der Waals surface area contributed by atoms with Crippen LogP contribution in [0.3, 0.4) is 0 Å². The molecule has 4 bridgehead atoms. The molecule has 5 aromatic carbocycles. The minimum atomic E-state index is 0.296. The number of fused-ring (bicyclic) bond motifs is 1. The van der Waals surface area contributed by atoms with Gasteiger partial charge in [-0.15, -0.1) is 0 Å². The standard InChI is InChI=1S/C37H33N/c1-3-8-29(9-4-1)35-13-7-10-30-14-15-31(23-36(30)35)28-16-18-34(19-17-28)38(33-11-5-2-6-12-33)37-24-26-20-27(25-37)22-32(37)21-26/h1-19,23,26-27,32H,20-22,24-25H2. The van der Waals surface area contributed by atoms with E-state index in [0.29, 0.717) is 5.54 Å². The molecular formula is C37H33N. The summed E-state index contributed by atoms with van der Waals surface area (Å²) in [6.07, 6.45) is 7.04. The summed E-state index contributed by atoms with van der Waals surface area (Å²) in [5, 5.41) is 2.59. The summed E-state index contributed by atoms with van der Waals surface area (Å²) in [7, 11) is 0. The summed E-state index contributed by atoms with van der Waals surface area (Å²) in [6.45, 7) is 0. The fraction of sp³-hybridized carbons (Fsp3) is 0.243. The molecule has 2 atom stereocenters. The third kappa shape index (κ3) is 3.45. The quantitative estimate of drug-likeness (QED) is 0.236. The van der Waals surface area contributed by atoms with Crippen molar-refractivity contribution in [1.82, 2.24) is 0 Å². The third-order valence-corrected chi connectivity index (χ3v) is 9.83. The molecule has 5 aromatic rings. The molecule has 0 aliphatic heterocycles. The van der Waals surface area contributed by atoms with Crippen molar-refractivity contribution < 1.29 is 0 Å². The molecule has 0 amide bonds. The zero-order valence-electron chi connectivity index (χ0n) is 21.8. The van der Waals surface area contributed by atoms with E-state index in [9.17, 15) is 0 Å². The predicted octanol–water partition coefficient (Wildman–Crippen LogP) is 9.89. The maximum Gasteiger partial charge on any atom is 0.0485 e. The van der Waals surface area contributed by atoms with Crippen LogP contribution in [0.2, 0.25) is 0 Å². The van der Waals surface area contributed by atoms with Gasteiger partial charge in [0.15, 0.2) is 0 Å². The largest absolute Gasteiger partial charge is 0.335 e. The Balaban J connectivity index is 1.19. The van der Waals surface area contributed by atoms with Gasteiger partial charge >= 0.3 is 0 Å². The molecule has 0 heterocycles. The van der Waals surface area contributed by atoms with Crippen LogP contribution in [-0.4, -0.2) is 5.54 Å². The predicted molar refractivity (Wildman–Crippen MR) is 160 cm³/mol. The first-order valence-corrected chi connectivity index (χ1v) is 14.3. The monoisotopic (exact) mass is 491 g/mol. The van der Waals surface area contributed by atoms with Crippen molar-refractivity contribution in [3.05, 3.63) is 121 Å². The molecule has 9 rings (SSSR count). The molecule has 38 heavy (non-hydrogen) atoms. The zero-order chi connectivity index (χ0) is 25.1. The van der Waals surface area contributed by atoms with Gasteiger partial charge in [0, 0.05) is 16.9 Å². The lowest BCUT2D eigenvalue weighted by atomic mass is 9.79. The topological polar surface area (TPSA) is 3.24 Å². The first-order valence-electron chi connectivity index (χ1n) is 14.3. The molecule has 0 saturated heterocycles. The van der Waals surface area contributed by atoms with E-state index in [2.05, 4.69) is 126 Å². The Kier molecular flexibility index (Phi) is 5.02. The Morgan fingerprint density at radius 1 is 0.526 bits per heavy atom. The highest BCUT2D eigenvalue weighted by atomic mass is 15.2. The van der Waals surface area contributed by atoms with Crippen molar-refractivity contribution in [3.8, 4) is 22.3 Å². The Labute approximate surface area is 225 Å². The van der Waals surface area contributed by atoms with E-state index in [4.69, 9.17) is 0 Å². The van der Waals surface area contributed by atoms with Gasteiger partial charge < -0.3 is 4.90 Å². The smallest absolute Gasteiger partial charge is 0.0485 e. The minimum absolute atomic E-state index is 0.296. The Morgan fingerprint density at radius 3 is 1.92 bits per heavy atom. The van der Waals surface area contributed by atoms with Gasteiger partial charge in [0.25, 0.3) is 0 Å². The second-order valence-electron chi connectivity index (χ2n) is 12.0. The second kappa shape index (κ2) is 8.60. The maximum atomic E-state index is 2.74. The van der Waals surface area contributed by atoms with Crippen molar-refractivity contribution in [3.63, 3.8) is 0 Å². The van der Waals surface area contributed by atoms with Crippen molar-refractivity contribution in [1.29, 1.82) is 0 Å². The molecule has 1 heteroatoms. The van der Waals surface area contributed by atoms with Crippen LogP contribution in [0.1, 0.15) is 32.1 Å². The number of hydrogen-bond acceptors (Lipinski definition) is 1. The zero-order valence-corrected chi connectivity index (χ0v) is 21.8. The molecule has 4 aliphatic rings. The normalized spacial score (nSPS) is 25.2. The van der Waals surface area contributed by atoms with Gasteiger partial charge in [0.05, 0.1) is 0 Å². The van der Waals surface area contributed by atoms with Crippen LogP contribution >= 0.6 is 0 Å². The van der Waals surface area contributed by atoms with Gasteiger partial charge in [0.2, 0.25) is 0 Å². The third-order valence-electron chi connectivity index (χ3n) is 9.83. The molecule has 0 radical (unpaired) electrons. The van der Waals surface area contributed by atoms with E-state index in [-0.39, 0.29) is 0 Å². The average molecular weight is 492 g/mol. The molecule has 2 unspecified atom stereocenters. The van der Waals surface area contributed by atoms with Gasteiger partial charge in [-0.25, -0.2) is 0 Å². The van der Waals surface area contributed by atoms with Crippen molar-refractivity contribution in [2.45, 2.75) is 37.6 Å². The number of benzene rings is 5. The lowest BCUT2D eigenvalue weighted by Gasteiger charge is -2.45. The van der Waals surface area contributed by atoms with Crippen LogP contribution in [-0.2, 0) is 0 Å². The average Bonchev–Trinajstić information content (AvgIpc) is 3.37. The fourth-order valence-corrected chi connectivity index (χ4v) is 8.48. The number of para-hydroxylation sites is 1. The van der Waals surface area contributed by atoms with Gasteiger partial charge in [-0.3, -0.25) is 0 Å². The highest BCUT2D eigenvalue weighted by molar-refractivity contribution is 5.99. The fourth-order valence-electron chi connectivity index (χ4n) is 8.48. The number of rotatable bonds is 5. The number of nitrogens with zero attached hydrogens (tertiary/aromatic N) is 1. The summed E-state index contributed by atoms with van der Waals surface area (Å²) in [4.78, 5) is 2.74.